The number of aromatic nitrogens is 3. The van der Waals surface area contributed by atoms with Gasteiger partial charge in [0.25, 0.3) is 0 Å². The third-order valence-electron chi connectivity index (χ3n) is 7.14. The maximum absolute atomic E-state index is 13.3. The highest BCUT2D eigenvalue weighted by Gasteiger charge is 2.53. The minimum atomic E-state index is -5.03. The number of hydrogen-bond acceptors (Lipinski definition) is 16. The molecule has 1 aliphatic heterocycles. The fourth-order valence-electron chi connectivity index (χ4n) is 4.44. The van der Waals surface area contributed by atoms with Crippen LogP contribution in [0.4, 0.5) is 10.9 Å². The van der Waals surface area contributed by atoms with Crippen molar-refractivity contribution < 1.29 is 52.4 Å². The van der Waals surface area contributed by atoms with Gasteiger partial charge in [-0.15, -0.1) is 11.3 Å². The van der Waals surface area contributed by atoms with E-state index in [9.17, 15) is 52.4 Å². The summed E-state index contributed by atoms with van der Waals surface area (Å²) in [7, 11) is -5.03. The van der Waals surface area contributed by atoms with Crippen LogP contribution >= 0.6 is 11.3 Å². The van der Waals surface area contributed by atoms with Crippen molar-refractivity contribution >= 4 is 61.7 Å². The summed E-state index contributed by atoms with van der Waals surface area (Å²) in [5.41, 5.74) is 2.82. The number of nitrogens with two attached hydrogens (primary N) is 1. The van der Waals surface area contributed by atoms with Crippen molar-refractivity contribution in [3.8, 4) is 5.75 Å². The van der Waals surface area contributed by atoms with E-state index in [1.807, 2.05) is 0 Å². The molecule has 21 heteroatoms. The Morgan fingerprint density at radius 3 is 2.52 bits per heavy atom. The second kappa shape index (κ2) is 13.8. The fraction of sp³-hybridized carbons (Fsp3) is 0.333. The number of carboxylic acid groups (broad SMARTS) is 1. The Morgan fingerprint density at radius 2 is 1.94 bits per heavy atom. The summed E-state index contributed by atoms with van der Waals surface area (Å²) in [6.07, 6.45) is 1.23. The Kier molecular flexibility index (Phi) is 10.2. The predicted octanol–water partition coefficient (Wildman–Crippen LogP) is 0.325. The number of carbonyl (C=O) groups is 4. The van der Waals surface area contributed by atoms with E-state index in [1.165, 1.54) is 37.6 Å². The second-order valence-corrected chi connectivity index (χ2v) is 13.1. The molecule has 0 spiro atoms. The molecule has 256 valence electrons. The number of hydrogen-bond donors (Lipinski definition) is 6. The second-order valence-electron chi connectivity index (χ2n) is 10.9. The Bertz CT molecular complexity index is 1960. The third kappa shape index (κ3) is 7.93. The summed E-state index contributed by atoms with van der Waals surface area (Å²) >= 11 is 0.950. The summed E-state index contributed by atoms with van der Waals surface area (Å²) in [6, 6.07) is 2.49. The van der Waals surface area contributed by atoms with Crippen LogP contribution in [0.15, 0.2) is 45.9 Å². The quantitative estimate of drug-likeness (QED) is 0.0310. The van der Waals surface area contributed by atoms with Crippen LogP contribution in [-0.4, -0.2) is 94.7 Å². The van der Waals surface area contributed by atoms with Crippen molar-refractivity contribution in [3.05, 3.63) is 63.1 Å². The number of aromatic hydroxyl groups is 1. The number of thiazole rings is 1. The van der Waals surface area contributed by atoms with Gasteiger partial charge in [0.1, 0.15) is 11.5 Å². The summed E-state index contributed by atoms with van der Waals surface area (Å²) in [4.78, 5) is 75.0. The number of nitrogen functional groups attached to an aromatic ring is 1. The molecule has 3 aromatic heterocycles. The number of pyridine rings is 2. The highest BCUT2D eigenvalue weighted by atomic mass is 32.2. The molecule has 0 saturated carbocycles. The molecule has 0 unspecified atom stereocenters. The number of aliphatic carboxylic acids is 1. The molecule has 0 bridgehead atoms. The first kappa shape index (κ1) is 35.4. The lowest BCUT2D eigenvalue weighted by molar-refractivity contribution is -0.161. The van der Waals surface area contributed by atoms with E-state index in [0.29, 0.717) is 4.73 Å². The first-order chi connectivity index (χ1) is 22.4. The lowest BCUT2D eigenvalue weighted by Gasteiger charge is -2.44. The zero-order chi connectivity index (χ0) is 35.6. The molecular weight excluding hydrogens is 678 g/mol. The van der Waals surface area contributed by atoms with E-state index < -0.39 is 74.6 Å². The van der Waals surface area contributed by atoms with E-state index in [4.69, 9.17) is 10.6 Å². The average molecular weight is 708 g/mol. The van der Waals surface area contributed by atoms with Crippen LogP contribution in [0.3, 0.4) is 0 Å². The van der Waals surface area contributed by atoms with Crippen LogP contribution in [-0.2, 0) is 35.9 Å². The van der Waals surface area contributed by atoms with Crippen molar-refractivity contribution in [1.29, 1.82) is 0 Å². The minimum Gasteiger partial charge on any atom is -0.503 e. The van der Waals surface area contributed by atoms with E-state index in [0.717, 1.165) is 23.6 Å². The number of amides is 1. The van der Waals surface area contributed by atoms with E-state index >= 15 is 0 Å². The summed E-state index contributed by atoms with van der Waals surface area (Å²) in [5, 5.41) is 36.4. The molecule has 1 aliphatic rings. The highest BCUT2D eigenvalue weighted by molar-refractivity contribution is 7.84. The van der Waals surface area contributed by atoms with Crippen LogP contribution in [0.1, 0.15) is 48.4 Å². The van der Waals surface area contributed by atoms with Crippen LogP contribution in [0.2, 0.25) is 0 Å². The summed E-state index contributed by atoms with van der Waals surface area (Å²) in [5.74, 6) is -5.54. The number of carbonyl (C=O) groups excluding carboxylic acids is 3. The van der Waals surface area contributed by atoms with Crippen molar-refractivity contribution in [3.63, 3.8) is 0 Å². The Labute approximate surface area is 275 Å². The van der Waals surface area contributed by atoms with Gasteiger partial charge >= 0.3 is 16.3 Å². The molecule has 1 fully saturated rings. The van der Waals surface area contributed by atoms with Crippen molar-refractivity contribution in [1.82, 2.24) is 19.0 Å². The summed E-state index contributed by atoms with van der Waals surface area (Å²) < 4.78 is 34.3. The largest absolute Gasteiger partial charge is 0.503 e. The molecule has 1 amide bonds. The maximum atomic E-state index is 13.3. The zero-order valence-corrected chi connectivity index (χ0v) is 26.8. The number of nitrogens with one attached hydrogen (secondary N) is 1. The van der Waals surface area contributed by atoms with Gasteiger partial charge in [-0.2, -0.15) is 13.1 Å². The predicted molar refractivity (Wildman–Crippen MR) is 166 cm³/mol. The van der Waals surface area contributed by atoms with Gasteiger partial charge in [-0.05, 0) is 32.4 Å². The fourth-order valence-corrected chi connectivity index (χ4v) is 5.91. The molecule has 0 aromatic carbocycles. The van der Waals surface area contributed by atoms with Gasteiger partial charge in [-0.25, -0.2) is 19.1 Å². The highest BCUT2D eigenvalue weighted by Crippen LogP contribution is 2.33. The van der Waals surface area contributed by atoms with Crippen LogP contribution in [0.25, 0.3) is 0 Å². The first-order valence-electron chi connectivity index (χ1n) is 13.8. The van der Waals surface area contributed by atoms with Crippen molar-refractivity contribution in [2.24, 2.45) is 11.1 Å². The molecule has 48 heavy (non-hydrogen) atoms. The van der Waals surface area contributed by atoms with Gasteiger partial charge < -0.3 is 31.3 Å². The van der Waals surface area contributed by atoms with Crippen LogP contribution in [0, 0.1) is 5.92 Å². The lowest BCUT2D eigenvalue weighted by atomic mass is 9.84. The van der Waals surface area contributed by atoms with Gasteiger partial charge in [0, 0.05) is 42.6 Å². The average Bonchev–Trinajstić information content (AvgIpc) is 3.43. The monoisotopic (exact) mass is 707 g/mol. The van der Waals surface area contributed by atoms with E-state index in [1.54, 1.807) is 0 Å². The minimum absolute atomic E-state index is 0.0299. The number of oxime groups is 1. The topological polar surface area (TPSA) is 294 Å². The molecule has 7 N–H and O–H groups in total. The molecule has 3 aromatic rings. The molecule has 0 radical (unpaired) electrons. The van der Waals surface area contributed by atoms with Crippen molar-refractivity contribution in [2.45, 2.75) is 44.8 Å². The standard InChI is InChI=1S/C27H29N7O12S2/c1-27(2,25(40)41)46-32-23(16-12-47-26(28)31-16)20(37)8-15-17(34(24(15)39)48(43,44)45)10-30-22-6-3-13(9-29-22)18(35)5-4-14-7-19(36)21(38)11-33(14)42/h3,6-7,9,11-12,15,17,38,42H,4-5,8,10H2,1-2H3,(H2,28,31)(H,29,30)(H,40,41)(H,43,44,45)/b32-23-/t15-,17+/m0/s1. The molecular formula is C27H29N7O12S2. The smallest absolute Gasteiger partial charge is 0.362 e. The molecule has 4 heterocycles. The molecule has 4 rings (SSSR count). The number of rotatable bonds is 15. The Balaban J connectivity index is 1.45. The molecule has 2 atom stereocenters. The number of ketones is 2. The number of aryl methyl sites for hydroxylation is 1. The van der Waals surface area contributed by atoms with E-state index in [-0.39, 0.29) is 51.6 Å². The summed E-state index contributed by atoms with van der Waals surface area (Å²) in [6.45, 7) is 2.04. The lowest BCUT2D eigenvalue weighted by Crippen LogP contribution is -2.65. The van der Waals surface area contributed by atoms with E-state index in [2.05, 4.69) is 20.4 Å². The van der Waals surface area contributed by atoms with Gasteiger partial charge in [-0.3, -0.25) is 23.7 Å². The van der Waals surface area contributed by atoms with Gasteiger partial charge in [0.15, 0.2) is 28.2 Å². The number of nitrogens with zero attached hydrogens (tertiary/aromatic N) is 5. The number of anilines is 2. The molecule has 0 aliphatic carbocycles. The number of β-lactam (4-membered cyclic amide) rings is 1. The molecule has 1 saturated heterocycles. The third-order valence-corrected chi connectivity index (χ3v) is 8.76. The maximum Gasteiger partial charge on any atom is 0.362 e. The van der Waals surface area contributed by atoms with Crippen LogP contribution in [0.5, 0.6) is 5.75 Å². The van der Waals surface area contributed by atoms with Gasteiger partial charge in [0.05, 0.1) is 23.9 Å². The normalized spacial score (nSPS) is 16.7. The van der Waals surface area contributed by atoms with Gasteiger partial charge in [-0.1, -0.05) is 5.16 Å². The number of Topliss-reactive ketones (excluding diaryl/α,β-unsaturated/α-hetero) is 2. The molecule has 19 nitrogen and oxygen atoms in total. The van der Waals surface area contributed by atoms with Crippen molar-refractivity contribution in [2.75, 3.05) is 17.6 Å². The number of carboxylic acids is 1. The zero-order valence-electron chi connectivity index (χ0n) is 25.1. The Hall–Kier alpha value is -5.41. The first-order valence-corrected chi connectivity index (χ1v) is 16.1. The Morgan fingerprint density at radius 1 is 1.23 bits per heavy atom. The SMILES string of the molecule is CC(C)(O/N=C(\C(=O)C[C@@H]1C(=O)N(S(=O)(=O)O)[C@@H]1CNc1ccc(C(=O)CCc2cc(=O)c(O)cn2O)cn1)c1csc(N)n1)C(=O)O. The van der Waals surface area contributed by atoms with Crippen LogP contribution < -0.4 is 16.5 Å². The van der Waals surface area contributed by atoms with Gasteiger partial charge in [0.2, 0.25) is 16.9 Å².